The Kier molecular flexibility index (Phi) is 6.02. The van der Waals surface area contributed by atoms with E-state index in [1.807, 2.05) is 31.2 Å². The Balaban J connectivity index is 0.00000144. The Morgan fingerprint density at radius 2 is 1.83 bits per heavy atom. The molecule has 0 unspecified atom stereocenters. The van der Waals surface area contributed by atoms with E-state index in [0.29, 0.717) is 6.42 Å². The van der Waals surface area contributed by atoms with Gasteiger partial charge in [-0.2, -0.15) is 0 Å². The summed E-state index contributed by atoms with van der Waals surface area (Å²) in [7, 11) is -3.74. The molecule has 1 aromatic carbocycles. The number of halogens is 2. The van der Waals surface area contributed by atoms with E-state index in [1.165, 1.54) is 6.07 Å². The topological polar surface area (TPSA) is 73.0 Å². The Hall–Kier alpha value is -0.880. The van der Waals surface area contributed by atoms with E-state index in [9.17, 15) is 8.42 Å². The molecule has 2 aromatic rings. The summed E-state index contributed by atoms with van der Waals surface area (Å²) in [4.78, 5) is 4.08. The van der Waals surface area contributed by atoms with Crippen molar-refractivity contribution in [2.45, 2.75) is 18.4 Å². The number of nitrogens with two attached hydrogens (primary N) is 1. The molecule has 0 fully saturated rings. The van der Waals surface area contributed by atoms with Crippen molar-refractivity contribution in [3.05, 3.63) is 36.0 Å². The summed E-state index contributed by atoms with van der Waals surface area (Å²) in [6.45, 7) is 1.93. The Morgan fingerprint density at radius 3 is 2.39 bits per heavy atom. The number of fused-ring (bicyclic) bond motifs is 1. The van der Waals surface area contributed by atoms with Crippen LogP contribution in [0, 0.1) is 0 Å². The lowest BCUT2D eigenvalue weighted by Gasteiger charge is -2.06. The first-order valence-corrected chi connectivity index (χ1v) is 6.48. The zero-order chi connectivity index (χ0) is 11.8. The number of hydrogen-bond donors (Lipinski definition) is 1. The summed E-state index contributed by atoms with van der Waals surface area (Å²) in [5, 5.41) is 6.83. The number of rotatable bonds is 2. The molecule has 4 nitrogen and oxygen atoms in total. The van der Waals surface area contributed by atoms with Gasteiger partial charge in [-0.25, -0.2) is 18.5 Å². The van der Waals surface area contributed by atoms with Gasteiger partial charge in [0.1, 0.15) is 0 Å². The van der Waals surface area contributed by atoms with E-state index in [4.69, 9.17) is 5.14 Å². The van der Waals surface area contributed by atoms with Crippen molar-refractivity contribution >= 4 is 45.6 Å². The van der Waals surface area contributed by atoms with E-state index >= 15 is 0 Å². The molecule has 0 amide bonds. The summed E-state index contributed by atoms with van der Waals surface area (Å²) in [6.07, 6.45) is 0.671. The van der Waals surface area contributed by atoms with Gasteiger partial charge in [-0.05, 0) is 17.9 Å². The molecule has 0 bridgehead atoms. The smallest absolute Gasteiger partial charge is 0.239 e. The number of aromatic nitrogens is 1. The summed E-state index contributed by atoms with van der Waals surface area (Å²) >= 11 is 0. The fourth-order valence-electron chi connectivity index (χ4n) is 1.66. The SMILES string of the molecule is CCc1nc(S(N)(=O)=O)cc2ccccc12.Cl.Cl. The van der Waals surface area contributed by atoms with Crippen LogP contribution in [0.2, 0.25) is 0 Å². The molecule has 2 rings (SSSR count). The highest BCUT2D eigenvalue weighted by atomic mass is 35.5. The number of sulfonamides is 1. The molecule has 0 radical (unpaired) electrons. The number of aryl methyl sites for hydroxylation is 1. The molecule has 0 aliphatic carbocycles. The van der Waals surface area contributed by atoms with Crippen LogP contribution in [0.15, 0.2) is 35.4 Å². The third-order valence-electron chi connectivity index (χ3n) is 2.42. The first-order valence-electron chi connectivity index (χ1n) is 4.94. The van der Waals surface area contributed by atoms with Crippen molar-refractivity contribution in [1.29, 1.82) is 0 Å². The fraction of sp³-hybridized carbons (Fsp3) is 0.182. The predicted octanol–water partition coefficient (Wildman–Crippen LogP) is 2.29. The number of hydrogen-bond acceptors (Lipinski definition) is 3. The maximum Gasteiger partial charge on any atom is 0.255 e. The number of nitrogens with zero attached hydrogens (tertiary/aromatic N) is 1. The van der Waals surface area contributed by atoms with E-state index < -0.39 is 10.0 Å². The normalized spacial score (nSPS) is 10.6. The summed E-state index contributed by atoms with van der Waals surface area (Å²) < 4.78 is 22.5. The van der Waals surface area contributed by atoms with Crippen molar-refractivity contribution < 1.29 is 8.42 Å². The largest absolute Gasteiger partial charge is 0.255 e. The van der Waals surface area contributed by atoms with Gasteiger partial charge in [0.25, 0.3) is 10.0 Å². The highest BCUT2D eigenvalue weighted by Crippen LogP contribution is 2.20. The maximum atomic E-state index is 11.3. The zero-order valence-corrected chi connectivity index (χ0v) is 12.1. The third kappa shape index (κ3) is 3.32. The lowest BCUT2D eigenvalue weighted by atomic mass is 10.1. The van der Waals surface area contributed by atoms with Gasteiger partial charge in [0.15, 0.2) is 5.03 Å². The van der Waals surface area contributed by atoms with E-state index in [1.54, 1.807) is 0 Å². The first-order chi connectivity index (χ1) is 7.52. The summed E-state index contributed by atoms with van der Waals surface area (Å²) in [5.74, 6) is 0. The molecular weight excluding hydrogens is 295 g/mol. The van der Waals surface area contributed by atoms with Crippen LogP contribution in [0.1, 0.15) is 12.6 Å². The van der Waals surface area contributed by atoms with Crippen LogP contribution < -0.4 is 5.14 Å². The van der Waals surface area contributed by atoms with Crippen LogP contribution in [0.5, 0.6) is 0 Å². The van der Waals surface area contributed by atoms with Crippen LogP contribution in [0.25, 0.3) is 10.8 Å². The molecular formula is C11H14Cl2N2O2S. The predicted molar refractivity (Wildman–Crippen MR) is 77.0 cm³/mol. The maximum absolute atomic E-state index is 11.3. The molecule has 0 saturated carbocycles. The van der Waals surface area contributed by atoms with Crippen LogP contribution >= 0.6 is 24.8 Å². The molecule has 0 aliphatic heterocycles. The van der Waals surface area contributed by atoms with Gasteiger partial charge in [0.2, 0.25) is 0 Å². The molecule has 1 aromatic heterocycles. The average Bonchev–Trinajstić information content (AvgIpc) is 2.26. The minimum Gasteiger partial charge on any atom is -0.239 e. The van der Waals surface area contributed by atoms with Crippen molar-refractivity contribution in [2.75, 3.05) is 0 Å². The fourth-order valence-corrected chi connectivity index (χ4v) is 2.19. The molecule has 100 valence electrons. The standard InChI is InChI=1S/C11H12N2O2S.2ClH/c1-2-10-9-6-4-3-5-8(9)7-11(13-10)16(12,14)15;;/h3-7H,2H2,1H3,(H2,12,14,15);2*1H. The van der Waals surface area contributed by atoms with Crippen LogP contribution in [-0.4, -0.2) is 13.4 Å². The number of primary sulfonamides is 1. The molecule has 7 heteroatoms. The number of benzene rings is 1. The van der Waals surface area contributed by atoms with Crippen molar-refractivity contribution in [2.24, 2.45) is 5.14 Å². The van der Waals surface area contributed by atoms with Crippen LogP contribution in [0.3, 0.4) is 0 Å². The first kappa shape index (κ1) is 17.1. The van der Waals surface area contributed by atoms with Crippen LogP contribution in [0.4, 0.5) is 0 Å². The summed E-state index contributed by atoms with van der Waals surface area (Å²) in [5.41, 5.74) is 0.752. The van der Waals surface area contributed by atoms with E-state index in [0.717, 1.165) is 16.5 Å². The van der Waals surface area contributed by atoms with Gasteiger partial charge in [-0.15, -0.1) is 24.8 Å². The van der Waals surface area contributed by atoms with Gasteiger partial charge in [-0.1, -0.05) is 31.2 Å². The van der Waals surface area contributed by atoms with Gasteiger partial charge in [0, 0.05) is 11.1 Å². The van der Waals surface area contributed by atoms with E-state index in [2.05, 4.69) is 4.98 Å². The quantitative estimate of drug-likeness (QED) is 0.925. The second kappa shape index (κ2) is 6.33. The molecule has 0 aliphatic rings. The highest BCUT2D eigenvalue weighted by molar-refractivity contribution is 7.89. The molecule has 0 saturated heterocycles. The Labute approximate surface area is 118 Å². The second-order valence-corrected chi connectivity index (χ2v) is 5.04. The van der Waals surface area contributed by atoms with Crippen molar-refractivity contribution in [1.82, 2.24) is 4.98 Å². The minimum absolute atomic E-state index is 0. The Morgan fingerprint density at radius 1 is 1.22 bits per heavy atom. The van der Waals surface area contributed by atoms with Gasteiger partial charge in [-0.3, -0.25) is 0 Å². The van der Waals surface area contributed by atoms with Crippen LogP contribution in [-0.2, 0) is 16.4 Å². The molecule has 0 spiro atoms. The minimum atomic E-state index is -3.74. The molecule has 1 heterocycles. The average molecular weight is 309 g/mol. The second-order valence-electron chi connectivity index (χ2n) is 3.53. The monoisotopic (exact) mass is 308 g/mol. The van der Waals surface area contributed by atoms with Gasteiger partial charge in [0.05, 0.1) is 0 Å². The van der Waals surface area contributed by atoms with Crippen molar-refractivity contribution in [3.8, 4) is 0 Å². The molecule has 0 atom stereocenters. The lowest BCUT2D eigenvalue weighted by Crippen LogP contribution is -2.14. The Bertz CT molecular complexity index is 645. The number of pyridine rings is 1. The van der Waals surface area contributed by atoms with Crippen molar-refractivity contribution in [3.63, 3.8) is 0 Å². The third-order valence-corrected chi connectivity index (χ3v) is 3.21. The molecule has 18 heavy (non-hydrogen) atoms. The lowest BCUT2D eigenvalue weighted by molar-refractivity contribution is 0.593. The summed E-state index contributed by atoms with van der Waals surface area (Å²) in [6, 6.07) is 9.04. The zero-order valence-electron chi connectivity index (χ0n) is 9.66. The van der Waals surface area contributed by atoms with E-state index in [-0.39, 0.29) is 29.8 Å². The highest BCUT2D eigenvalue weighted by Gasteiger charge is 2.12. The van der Waals surface area contributed by atoms with Gasteiger partial charge < -0.3 is 0 Å². The molecule has 2 N–H and O–H groups in total. The van der Waals surface area contributed by atoms with Gasteiger partial charge >= 0.3 is 0 Å².